The van der Waals surface area contributed by atoms with Crippen LogP contribution < -0.4 is 11.1 Å². The number of carbonyl (C=O) groups excluding carboxylic acids is 1. The van der Waals surface area contributed by atoms with Gasteiger partial charge in [-0.05, 0) is 32.3 Å². The highest BCUT2D eigenvalue weighted by molar-refractivity contribution is 5.79. The van der Waals surface area contributed by atoms with Crippen LogP contribution in [0.2, 0.25) is 0 Å². The molecule has 0 aliphatic heterocycles. The van der Waals surface area contributed by atoms with Crippen LogP contribution in [0, 0.1) is 17.6 Å². The molecule has 0 aromatic heterocycles. The van der Waals surface area contributed by atoms with Crippen molar-refractivity contribution >= 4 is 5.91 Å². The fraction of sp³-hybridized carbons (Fsp3) is 0.533. The minimum atomic E-state index is -0.641. The highest BCUT2D eigenvalue weighted by Crippen LogP contribution is 2.25. The van der Waals surface area contributed by atoms with E-state index in [1.54, 1.807) is 6.92 Å². The van der Waals surface area contributed by atoms with Gasteiger partial charge in [-0.1, -0.05) is 12.5 Å². The Bertz CT molecular complexity index is 493. The Morgan fingerprint density at radius 2 is 2.15 bits per heavy atom. The van der Waals surface area contributed by atoms with Gasteiger partial charge in [0.05, 0.1) is 6.04 Å². The van der Waals surface area contributed by atoms with Gasteiger partial charge < -0.3 is 11.1 Å². The van der Waals surface area contributed by atoms with E-state index in [2.05, 4.69) is 5.32 Å². The molecule has 2 rings (SSSR count). The molecule has 110 valence electrons. The van der Waals surface area contributed by atoms with Crippen molar-refractivity contribution in [2.75, 3.05) is 0 Å². The van der Waals surface area contributed by atoms with Crippen LogP contribution in [0.5, 0.6) is 0 Å². The van der Waals surface area contributed by atoms with Gasteiger partial charge in [0.15, 0.2) is 0 Å². The first-order chi connectivity index (χ1) is 9.47. The van der Waals surface area contributed by atoms with Crippen LogP contribution in [-0.2, 0) is 4.79 Å². The molecule has 0 bridgehead atoms. The van der Waals surface area contributed by atoms with Crippen LogP contribution in [0.1, 0.15) is 44.2 Å². The molecular formula is C15H20F2N2O. The molecule has 1 aliphatic carbocycles. The summed E-state index contributed by atoms with van der Waals surface area (Å²) in [5, 5.41) is 2.79. The third kappa shape index (κ3) is 3.54. The summed E-state index contributed by atoms with van der Waals surface area (Å²) < 4.78 is 26.5. The second-order valence-electron chi connectivity index (χ2n) is 5.52. The lowest BCUT2D eigenvalue weighted by Crippen LogP contribution is -2.38. The average Bonchev–Trinajstić information content (AvgIpc) is 2.38. The molecule has 20 heavy (non-hydrogen) atoms. The minimum Gasteiger partial charge on any atom is -0.349 e. The number of hydrogen-bond donors (Lipinski definition) is 2. The highest BCUT2D eigenvalue weighted by Gasteiger charge is 2.26. The number of nitrogens with two attached hydrogens (primary N) is 1. The summed E-state index contributed by atoms with van der Waals surface area (Å²) >= 11 is 0. The maximum atomic E-state index is 13.6. The summed E-state index contributed by atoms with van der Waals surface area (Å²) in [4.78, 5) is 12.1. The van der Waals surface area contributed by atoms with Gasteiger partial charge in [0, 0.05) is 23.6 Å². The Morgan fingerprint density at radius 1 is 1.40 bits per heavy atom. The monoisotopic (exact) mass is 282 g/mol. The van der Waals surface area contributed by atoms with Crippen LogP contribution >= 0.6 is 0 Å². The molecule has 0 heterocycles. The van der Waals surface area contributed by atoms with Crippen molar-refractivity contribution in [1.29, 1.82) is 0 Å². The van der Waals surface area contributed by atoms with E-state index in [4.69, 9.17) is 5.73 Å². The smallest absolute Gasteiger partial charge is 0.223 e. The van der Waals surface area contributed by atoms with E-state index in [-0.39, 0.29) is 17.9 Å². The second kappa shape index (κ2) is 6.31. The van der Waals surface area contributed by atoms with Gasteiger partial charge in [-0.2, -0.15) is 0 Å². The Labute approximate surface area is 117 Å². The number of nitrogens with one attached hydrogen (secondary N) is 1. The van der Waals surface area contributed by atoms with E-state index in [1.165, 1.54) is 12.1 Å². The van der Waals surface area contributed by atoms with Crippen molar-refractivity contribution in [2.24, 2.45) is 11.7 Å². The lowest BCUT2D eigenvalue weighted by molar-refractivity contribution is -0.126. The molecule has 0 spiro atoms. The highest BCUT2D eigenvalue weighted by atomic mass is 19.1. The zero-order valence-electron chi connectivity index (χ0n) is 11.5. The summed E-state index contributed by atoms with van der Waals surface area (Å²) in [6.45, 7) is 1.69. The van der Waals surface area contributed by atoms with Gasteiger partial charge in [0.1, 0.15) is 11.6 Å². The second-order valence-corrected chi connectivity index (χ2v) is 5.52. The number of hydrogen-bond acceptors (Lipinski definition) is 2. The predicted octanol–water partition coefficient (Wildman–Crippen LogP) is 2.66. The van der Waals surface area contributed by atoms with Crippen LogP contribution in [0.3, 0.4) is 0 Å². The number of amides is 1. The Balaban J connectivity index is 1.99. The molecule has 1 fully saturated rings. The van der Waals surface area contributed by atoms with Crippen molar-refractivity contribution in [3.8, 4) is 0 Å². The van der Waals surface area contributed by atoms with E-state index in [1.807, 2.05) is 0 Å². The largest absolute Gasteiger partial charge is 0.349 e. The van der Waals surface area contributed by atoms with Crippen LogP contribution in [-0.4, -0.2) is 11.9 Å². The van der Waals surface area contributed by atoms with Gasteiger partial charge in [-0.15, -0.1) is 0 Å². The van der Waals surface area contributed by atoms with E-state index >= 15 is 0 Å². The average molecular weight is 282 g/mol. The van der Waals surface area contributed by atoms with Gasteiger partial charge in [0.2, 0.25) is 5.91 Å². The van der Waals surface area contributed by atoms with E-state index in [9.17, 15) is 13.6 Å². The van der Waals surface area contributed by atoms with E-state index in [0.29, 0.717) is 12.0 Å². The van der Waals surface area contributed by atoms with Crippen molar-refractivity contribution in [3.63, 3.8) is 0 Å². The molecule has 1 saturated carbocycles. The standard InChI is InChI=1S/C15H20F2N2O/c1-9(13-6-5-11(16)8-14(13)17)19-15(20)10-3-2-4-12(18)7-10/h5-6,8-10,12H,2-4,7,18H2,1H3,(H,19,20). The van der Waals surface area contributed by atoms with Crippen molar-refractivity contribution in [2.45, 2.75) is 44.7 Å². The SMILES string of the molecule is CC(NC(=O)C1CCCC(N)C1)c1ccc(F)cc1F. The van der Waals surface area contributed by atoms with Crippen molar-refractivity contribution in [1.82, 2.24) is 5.32 Å². The number of carbonyl (C=O) groups is 1. The molecule has 5 heteroatoms. The van der Waals surface area contributed by atoms with Crippen LogP contribution in [0.15, 0.2) is 18.2 Å². The van der Waals surface area contributed by atoms with Gasteiger partial charge in [-0.3, -0.25) is 4.79 Å². The molecule has 3 atom stereocenters. The molecule has 1 amide bonds. The molecule has 3 N–H and O–H groups in total. The Kier molecular flexibility index (Phi) is 4.70. The maximum Gasteiger partial charge on any atom is 0.223 e. The van der Waals surface area contributed by atoms with Crippen LogP contribution in [0.4, 0.5) is 8.78 Å². The third-order valence-electron chi connectivity index (χ3n) is 3.87. The summed E-state index contributed by atoms with van der Waals surface area (Å²) in [6.07, 6.45) is 3.38. The first-order valence-electron chi connectivity index (χ1n) is 6.98. The molecule has 1 aliphatic rings. The summed E-state index contributed by atoms with van der Waals surface area (Å²) in [5.41, 5.74) is 6.16. The summed E-state index contributed by atoms with van der Waals surface area (Å²) in [5.74, 6) is -1.47. The fourth-order valence-electron chi connectivity index (χ4n) is 2.73. The van der Waals surface area contributed by atoms with Crippen molar-refractivity contribution < 1.29 is 13.6 Å². The molecule has 1 aromatic carbocycles. The topological polar surface area (TPSA) is 55.1 Å². The predicted molar refractivity (Wildman–Crippen MR) is 72.8 cm³/mol. The molecule has 0 saturated heterocycles. The Hall–Kier alpha value is -1.49. The molecule has 3 unspecified atom stereocenters. The lowest BCUT2D eigenvalue weighted by Gasteiger charge is -2.27. The zero-order valence-corrected chi connectivity index (χ0v) is 11.5. The quantitative estimate of drug-likeness (QED) is 0.895. The molecular weight excluding hydrogens is 262 g/mol. The van der Waals surface area contributed by atoms with Crippen LogP contribution in [0.25, 0.3) is 0 Å². The molecule has 1 aromatic rings. The number of halogens is 2. The Morgan fingerprint density at radius 3 is 2.80 bits per heavy atom. The normalized spacial score (nSPS) is 24.2. The maximum absolute atomic E-state index is 13.6. The summed E-state index contributed by atoms with van der Waals surface area (Å²) in [6, 6.07) is 2.97. The van der Waals surface area contributed by atoms with Gasteiger partial charge in [0.25, 0.3) is 0 Å². The molecule has 0 radical (unpaired) electrons. The summed E-state index contributed by atoms with van der Waals surface area (Å²) in [7, 11) is 0. The zero-order chi connectivity index (χ0) is 14.7. The molecule has 3 nitrogen and oxygen atoms in total. The fourth-order valence-corrected chi connectivity index (χ4v) is 2.73. The van der Waals surface area contributed by atoms with Crippen molar-refractivity contribution in [3.05, 3.63) is 35.4 Å². The minimum absolute atomic E-state index is 0.0670. The van der Waals surface area contributed by atoms with Gasteiger partial charge >= 0.3 is 0 Å². The van der Waals surface area contributed by atoms with Gasteiger partial charge in [-0.25, -0.2) is 8.78 Å². The van der Waals surface area contributed by atoms with E-state index < -0.39 is 17.7 Å². The first-order valence-corrected chi connectivity index (χ1v) is 6.98. The third-order valence-corrected chi connectivity index (χ3v) is 3.87. The lowest BCUT2D eigenvalue weighted by atomic mass is 9.85. The first kappa shape index (κ1) is 14.9. The van der Waals surface area contributed by atoms with E-state index in [0.717, 1.165) is 25.3 Å². The number of rotatable bonds is 3. The number of benzene rings is 1.